The number of nitrogens with zero attached hydrogens (tertiary/aromatic N) is 3. The third kappa shape index (κ3) is 2.67. The number of carbonyl (C=O) groups is 1. The molecule has 0 bridgehead atoms. The topological polar surface area (TPSA) is 59.8 Å². The number of anilines is 1. The highest BCUT2D eigenvalue weighted by Crippen LogP contribution is 2.42. The van der Waals surface area contributed by atoms with E-state index in [4.69, 9.17) is 0 Å². The lowest BCUT2D eigenvalue weighted by atomic mass is 9.81. The molecule has 0 amide bonds. The van der Waals surface area contributed by atoms with Gasteiger partial charge in [-0.3, -0.25) is 4.79 Å². The fourth-order valence-electron chi connectivity index (χ4n) is 3.48. The van der Waals surface area contributed by atoms with Gasteiger partial charge >= 0.3 is 6.18 Å². The van der Waals surface area contributed by atoms with E-state index in [-0.39, 0.29) is 17.6 Å². The molecule has 2 heterocycles. The van der Waals surface area contributed by atoms with Crippen LogP contribution in [0.3, 0.4) is 0 Å². The van der Waals surface area contributed by atoms with Gasteiger partial charge < -0.3 is 5.32 Å². The maximum absolute atomic E-state index is 13.3. The predicted octanol–water partition coefficient (Wildman–Crippen LogP) is 3.70. The second-order valence-electron chi connectivity index (χ2n) is 6.61. The fourth-order valence-corrected chi connectivity index (χ4v) is 3.48. The first kappa shape index (κ1) is 16.7. The largest absolute Gasteiger partial charge is 0.453 e. The number of hydrogen-bond acceptors (Lipinski definition) is 4. The number of Topliss-reactive ketones (excluding diaryl/α,β-unsaturated/α-hetero) is 1. The molecule has 1 aliphatic carbocycles. The minimum atomic E-state index is -4.71. The Labute approximate surface area is 145 Å². The summed E-state index contributed by atoms with van der Waals surface area (Å²) >= 11 is 0. The number of alkyl halides is 3. The van der Waals surface area contributed by atoms with Gasteiger partial charge in [-0.25, -0.2) is 9.07 Å². The lowest BCUT2D eigenvalue weighted by Crippen LogP contribution is -2.33. The monoisotopic (exact) mass is 366 g/mol. The van der Waals surface area contributed by atoms with Crippen molar-refractivity contribution in [1.29, 1.82) is 0 Å². The summed E-state index contributed by atoms with van der Waals surface area (Å²) in [6.45, 7) is 1.90. The quantitative estimate of drug-likeness (QED) is 0.782. The van der Waals surface area contributed by atoms with E-state index in [9.17, 15) is 22.4 Å². The van der Waals surface area contributed by atoms with Crippen LogP contribution in [0.4, 0.5) is 23.5 Å². The minimum Gasteiger partial charge on any atom is -0.328 e. The van der Waals surface area contributed by atoms with Gasteiger partial charge in [-0.15, -0.1) is 5.10 Å². The van der Waals surface area contributed by atoms with Crippen LogP contribution in [-0.4, -0.2) is 20.5 Å². The Hall–Kier alpha value is -2.71. The summed E-state index contributed by atoms with van der Waals surface area (Å²) in [6.07, 6.45) is -3.89. The molecule has 9 heteroatoms. The molecule has 26 heavy (non-hydrogen) atoms. The molecule has 2 aliphatic rings. The third-order valence-corrected chi connectivity index (χ3v) is 4.56. The molecule has 0 radical (unpaired) electrons. The van der Waals surface area contributed by atoms with Crippen LogP contribution in [0.5, 0.6) is 0 Å². The highest BCUT2D eigenvalue weighted by Gasteiger charge is 2.42. The van der Waals surface area contributed by atoms with Gasteiger partial charge in [0.15, 0.2) is 5.78 Å². The summed E-state index contributed by atoms with van der Waals surface area (Å²) < 4.78 is 53.6. The van der Waals surface area contributed by atoms with Crippen molar-refractivity contribution in [2.45, 2.75) is 32.0 Å². The van der Waals surface area contributed by atoms with Crippen LogP contribution in [0.2, 0.25) is 0 Å². The zero-order valence-corrected chi connectivity index (χ0v) is 13.6. The van der Waals surface area contributed by atoms with E-state index in [0.29, 0.717) is 29.7 Å². The second-order valence-corrected chi connectivity index (χ2v) is 6.61. The molecule has 0 fully saturated rings. The third-order valence-electron chi connectivity index (χ3n) is 4.56. The highest BCUT2D eigenvalue weighted by atomic mass is 19.4. The van der Waals surface area contributed by atoms with Gasteiger partial charge in [0.2, 0.25) is 5.95 Å². The number of allylic oxidation sites excluding steroid dienone is 2. The smallest absolute Gasteiger partial charge is 0.328 e. The summed E-state index contributed by atoms with van der Waals surface area (Å²) in [4.78, 5) is 16.2. The zero-order chi connectivity index (χ0) is 18.6. The molecule has 2 atom stereocenters. The number of aromatic nitrogens is 3. The Balaban J connectivity index is 1.90. The summed E-state index contributed by atoms with van der Waals surface area (Å²) in [6, 6.07) is 4.43. The van der Waals surface area contributed by atoms with Crippen LogP contribution in [0.15, 0.2) is 35.5 Å². The number of rotatable bonds is 1. The van der Waals surface area contributed by atoms with Gasteiger partial charge in [0.05, 0.1) is 0 Å². The van der Waals surface area contributed by atoms with E-state index >= 15 is 0 Å². The van der Waals surface area contributed by atoms with E-state index in [2.05, 4.69) is 15.4 Å². The Morgan fingerprint density at radius 1 is 1.19 bits per heavy atom. The molecule has 0 saturated carbocycles. The van der Waals surface area contributed by atoms with Crippen molar-refractivity contribution >= 4 is 11.7 Å². The van der Waals surface area contributed by atoms with Gasteiger partial charge in [0.25, 0.3) is 5.82 Å². The van der Waals surface area contributed by atoms with Crippen LogP contribution >= 0.6 is 0 Å². The number of benzene rings is 1. The molecule has 4 rings (SSSR count). The molecule has 2 aromatic rings. The van der Waals surface area contributed by atoms with Crippen molar-refractivity contribution in [3.63, 3.8) is 0 Å². The average molecular weight is 366 g/mol. The van der Waals surface area contributed by atoms with Crippen LogP contribution in [0, 0.1) is 11.7 Å². The van der Waals surface area contributed by atoms with Crippen molar-refractivity contribution in [3.05, 3.63) is 52.7 Å². The van der Waals surface area contributed by atoms with Crippen molar-refractivity contribution in [2.75, 3.05) is 5.32 Å². The normalized spacial score (nSPS) is 22.7. The van der Waals surface area contributed by atoms with E-state index < -0.39 is 23.9 Å². The van der Waals surface area contributed by atoms with Gasteiger partial charge in [-0.2, -0.15) is 18.2 Å². The van der Waals surface area contributed by atoms with E-state index in [1.165, 1.54) is 24.3 Å². The molecule has 1 N–H and O–H groups in total. The first-order valence-corrected chi connectivity index (χ1v) is 8.06. The Morgan fingerprint density at radius 2 is 1.88 bits per heavy atom. The van der Waals surface area contributed by atoms with Crippen LogP contribution in [0.25, 0.3) is 0 Å². The summed E-state index contributed by atoms with van der Waals surface area (Å²) in [5, 5.41) is 6.42. The Bertz CT molecular complexity index is 914. The van der Waals surface area contributed by atoms with Crippen LogP contribution in [0.1, 0.15) is 37.2 Å². The van der Waals surface area contributed by atoms with Crippen molar-refractivity contribution in [3.8, 4) is 0 Å². The molecule has 1 aromatic heterocycles. The zero-order valence-electron chi connectivity index (χ0n) is 13.6. The summed E-state index contributed by atoms with van der Waals surface area (Å²) in [5.74, 6) is -1.93. The van der Waals surface area contributed by atoms with Gasteiger partial charge in [-0.1, -0.05) is 19.1 Å². The molecule has 136 valence electrons. The first-order valence-electron chi connectivity index (χ1n) is 8.06. The van der Waals surface area contributed by atoms with E-state index in [0.717, 1.165) is 4.68 Å². The van der Waals surface area contributed by atoms with Crippen LogP contribution in [-0.2, 0) is 11.0 Å². The number of fused-ring (bicyclic) bond motifs is 1. The molecule has 0 spiro atoms. The number of ketones is 1. The van der Waals surface area contributed by atoms with Gasteiger partial charge in [-0.05, 0) is 30.0 Å². The molecular formula is C17H14F4N4O. The van der Waals surface area contributed by atoms with Gasteiger partial charge in [0, 0.05) is 17.7 Å². The molecule has 5 nitrogen and oxygen atoms in total. The summed E-state index contributed by atoms with van der Waals surface area (Å²) in [5.41, 5.74) is 1.39. The standard InChI is InChI=1S/C17H14F4N4O/c1-8-6-11-13(12(26)7-8)14(9-2-4-10(18)5-3-9)25-16(22-11)23-15(24-25)17(19,20)21/h2-5,8,14H,6-7H2,1H3,(H,22,23,24)/t8-,14+/m0/s1. The lowest BCUT2D eigenvalue weighted by molar-refractivity contribution is -0.145. The molecular weight excluding hydrogens is 352 g/mol. The number of halogens is 4. The molecule has 0 unspecified atom stereocenters. The maximum Gasteiger partial charge on any atom is 0.453 e. The number of carbonyl (C=O) groups excluding carboxylic acids is 1. The van der Waals surface area contributed by atoms with E-state index in [1.807, 2.05) is 6.92 Å². The van der Waals surface area contributed by atoms with Crippen LogP contribution < -0.4 is 5.32 Å². The Kier molecular flexibility index (Phi) is 3.64. The van der Waals surface area contributed by atoms with Crippen molar-refractivity contribution in [2.24, 2.45) is 5.92 Å². The van der Waals surface area contributed by atoms with Crippen molar-refractivity contribution < 1.29 is 22.4 Å². The average Bonchev–Trinajstić information content (AvgIpc) is 2.97. The number of nitrogens with one attached hydrogen (secondary N) is 1. The first-order chi connectivity index (χ1) is 12.2. The summed E-state index contributed by atoms with van der Waals surface area (Å²) in [7, 11) is 0. The SMILES string of the molecule is C[C@@H]1CC(=O)C2=C(C1)Nc1nc(C(F)(F)F)nn1[C@@H]2c1ccc(F)cc1. The maximum atomic E-state index is 13.3. The fraction of sp³-hybridized carbons (Fsp3) is 0.353. The van der Waals surface area contributed by atoms with E-state index in [1.54, 1.807) is 0 Å². The lowest BCUT2D eigenvalue weighted by Gasteiger charge is -2.34. The molecule has 1 aromatic carbocycles. The number of hydrogen-bond donors (Lipinski definition) is 1. The predicted molar refractivity (Wildman–Crippen MR) is 83.6 cm³/mol. The second kappa shape index (κ2) is 5.65. The molecule has 1 aliphatic heterocycles. The molecule has 0 saturated heterocycles. The highest BCUT2D eigenvalue weighted by molar-refractivity contribution is 5.99. The van der Waals surface area contributed by atoms with Crippen molar-refractivity contribution in [1.82, 2.24) is 14.8 Å². The minimum absolute atomic E-state index is 0.0687. The Morgan fingerprint density at radius 3 is 2.54 bits per heavy atom. The van der Waals surface area contributed by atoms with Gasteiger partial charge in [0.1, 0.15) is 11.9 Å².